The molecule has 29 heavy (non-hydrogen) atoms. The van der Waals surface area contributed by atoms with Crippen LogP contribution in [0.3, 0.4) is 0 Å². The molecule has 1 amide bonds. The number of benzene rings is 2. The number of amides is 1. The van der Waals surface area contributed by atoms with Gasteiger partial charge in [-0.3, -0.25) is 4.79 Å². The average molecular weight is 451 g/mol. The summed E-state index contributed by atoms with van der Waals surface area (Å²) in [6.45, 7) is -0.0392. The molecule has 0 aliphatic rings. The highest BCUT2D eigenvalue weighted by molar-refractivity contribution is 7.89. The van der Waals surface area contributed by atoms with Crippen molar-refractivity contribution in [3.63, 3.8) is 0 Å². The molecular formula is C18H18ClF3N2O4S. The first-order valence-corrected chi connectivity index (χ1v) is 10.1. The van der Waals surface area contributed by atoms with Gasteiger partial charge in [0.25, 0.3) is 0 Å². The van der Waals surface area contributed by atoms with Crippen LogP contribution in [-0.2, 0) is 27.5 Å². The Morgan fingerprint density at radius 1 is 1.14 bits per heavy atom. The molecule has 0 atom stereocenters. The predicted molar refractivity (Wildman–Crippen MR) is 101 cm³/mol. The van der Waals surface area contributed by atoms with Gasteiger partial charge in [-0.1, -0.05) is 23.7 Å². The lowest BCUT2D eigenvalue weighted by molar-refractivity contribution is -0.137. The Kier molecular flexibility index (Phi) is 7.50. The van der Waals surface area contributed by atoms with Crippen LogP contribution in [0.15, 0.2) is 47.4 Å². The summed E-state index contributed by atoms with van der Waals surface area (Å²) in [6, 6.07) is 9.27. The van der Waals surface area contributed by atoms with Gasteiger partial charge in [0, 0.05) is 19.5 Å². The van der Waals surface area contributed by atoms with Crippen LogP contribution >= 0.6 is 11.6 Å². The number of halogens is 4. The number of rotatable bonds is 8. The number of methoxy groups -OCH3 is 1. The summed E-state index contributed by atoms with van der Waals surface area (Å²) in [4.78, 5) is 11.3. The third-order valence-electron chi connectivity index (χ3n) is 3.85. The van der Waals surface area contributed by atoms with Crippen molar-refractivity contribution in [3.8, 4) is 5.75 Å². The van der Waals surface area contributed by atoms with Gasteiger partial charge in [-0.25, -0.2) is 13.1 Å². The van der Waals surface area contributed by atoms with Crippen LogP contribution in [0.5, 0.6) is 5.75 Å². The van der Waals surface area contributed by atoms with Crippen molar-refractivity contribution < 1.29 is 31.1 Å². The third-order valence-corrected chi connectivity index (χ3v) is 5.63. The van der Waals surface area contributed by atoms with Crippen LogP contribution in [0.2, 0.25) is 5.02 Å². The Hall–Kier alpha value is -2.30. The molecule has 0 aromatic heterocycles. The summed E-state index contributed by atoms with van der Waals surface area (Å²) in [5, 5.41) is 2.02. The minimum atomic E-state index is -4.79. The molecule has 0 saturated carbocycles. The van der Waals surface area contributed by atoms with Crippen LogP contribution in [0.25, 0.3) is 0 Å². The van der Waals surface area contributed by atoms with Gasteiger partial charge in [0.2, 0.25) is 15.9 Å². The van der Waals surface area contributed by atoms with Gasteiger partial charge < -0.3 is 10.1 Å². The van der Waals surface area contributed by atoms with Gasteiger partial charge in [-0.15, -0.1) is 0 Å². The first kappa shape index (κ1) is 23.0. The minimum Gasteiger partial charge on any atom is -0.497 e. The van der Waals surface area contributed by atoms with Gasteiger partial charge in [0.05, 0.1) is 22.6 Å². The summed E-state index contributed by atoms with van der Waals surface area (Å²) in [7, 11) is -2.70. The Balaban J connectivity index is 1.89. The Morgan fingerprint density at radius 2 is 1.79 bits per heavy atom. The Bertz CT molecular complexity index is 964. The molecule has 0 unspecified atom stereocenters. The minimum absolute atomic E-state index is 0.185. The van der Waals surface area contributed by atoms with Crippen LogP contribution in [0.4, 0.5) is 13.2 Å². The molecule has 0 aliphatic heterocycles. The molecule has 158 valence electrons. The van der Waals surface area contributed by atoms with E-state index in [9.17, 15) is 26.4 Å². The lowest BCUT2D eigenvalue weighted by Crippen LogP contribution is -2.30. The van der Waals surface area contributed by atoms with Crippen molar-refractivity contribution in [2.75, 3.05) is 13.7 Å². The Labute approximate surface area is 171 Å². The van der Waals surface area contributed by atoms with Crippen molar-refractivity contribution in [2.24, 2.45) is 0 Å². The fourth-order valence-electron chi connectivity index (χ4n) is 2.30. The van der Waals surface area contributed by atoms with Crippen molar-refractivity contribution in [2.45, 2.75) is 24.0 Å². The zero-order chi connectivity index (χ0) is 21.7. The van der Waals surface area contributed by atoms with Crippen molar-refractivity contribution in [1.82, 2.24) is 10.0 Å². The lowest BCUT2D eigenvalue weighted by Gasteiger charge is -2.12. The van der Waals surface area contributed by atoms with E-state index in [4.69, 9.17) is 16.3 Å². The van der Waals surface area contributed by atoms with Crippen molar-refractivity contribution in [3.05, 3.63) is 58.6 Å². The van der Waals surface area contributed by atoms with E-state index in [-0.39, 0.29) is 19.5 Å². The molecule has 0 radical (unpaired) electrons. The molecule has 2 aromatic rings. The number of carbonyl (C=O) groups is 1. The zero-order valence-corrected chi connectivity index (χ0v) is 16.8. The smallest absolute Gasteiger partial charge is 0.417 e. The molecule has 0 heterocycles. The molecule has 0 bridgehead atoms. The van der Waals surface area contributed by atoms with Crippen LogP contribution < -0.4 is 14.8 Å². The fourth-order valence-corrected chi connectivity index (χ4v) is 3.59. The second kappa shape index (κ2) is 9.47. The van der Waals surface area contributed by atoms with E-state index in [1.54, 1.807) is 24.3 Å². The molecule has 2 rings (SSSR count). The highest BCUT2D eigenvalue weighted by atomic mass is 35.5. The van der Waals surface area contributed by atoms with Crippen LogP contribution in [0.1, 0.15) is 17.5 Å². The number of nitrogens with one attached hydrogen (secondary N) is 2. The largest absolute Gasteiger partial charge is 0.497 e. The molecule has 2 N–H and O–H groups in total. The van der Waals surface area contributed by atoms with E-state index in [0.717, 1.165) is 17.7 Å². The first-order chi connectivity index (χ1) is 13.5. The first-order valence-electron chi connectivity index (χ1n) is 8.29. The Morgan fingerprint density at radius 3 is 2.38 bits per heavy atom. The number of hydrogen-bond donors (Lipinski definition) is 2. The number of sulfonamides is 1. The summed E-state index contributed by atoms with van der Waals surface area (Å²) < 4.78 is 70.1. The molecule has 0 saturated heterocycles. The highest BCUT2D eigenvalue weighted by Crippen LogP contribution is 2.35. The molecule has 11 heteroatoms. The number of alkyl halides is 3. The highest BCUT2D eigenvalue weighted by Gasteiger charge is 2.34. The van der Waals surface area contributed by atoms with E-state index in [0.29, 0.717) is 11.8 Å². The summed E-state index contributed by atoms with van der Waals surface area (Å²) in [6.07, 6.45) is -4.97. The van der Waals surface area contributed by atoms with Crippen LogP contribution in [-0.4, -0.2) is 28.0 Å². The predicted octanol–water partition coefficient (Wildman–Crippen LogP) is 3.35. The fraction of sp³-hybridized carbons (Fsp3) is 0.278. The van der Waals surface area contributed by atoms with Gasteiger partial charge >= 0.3 is 6.18 Å². The van der Waals surface area contributed by atoms with E-state index >= 15 is 0 Å². The SMILES string of the molecule is COc1ccc(CNC(=O)CCNS(=O)(=O)c2ccc(Cl)c(C(F)(F)F)c2)cc1. The average Bonchev–Trinajstić information content (AvgIpc) is 2.66. The number of hydrogen-bond acceptors (Lipinski definition) is 4. The van der Waals surface area contributed by atoms with E-state index < -0.39 is 37.6 Å². The standard InChI is InChI=1S/C18H18ClF3N2O4S/c1-28-13-4-2-12(3-5-13)11-23-17(25)8-9-24-29(26,27)14-6-7-16(19)15(10-14)18(20,21)22/h2-7,10,24H,8-9,11H2,1H3,(H,23,25). The lowest BCUT2D eigenvalue weighted by atomic mass is 10.2. The molecule has 0 fully saturated rings. The normalized spacial score (nSPS) is 11.9. The van der Waals surface area contributed by atoms with E-state index in [1.165, 1.54) is 7.11 Å². The second-order valence-electron chi connectivity index (χ2n) is 5.91. The second-order valence-corrected chi connectivity index (χ2v) is 8.09. The molecule has 0 spiro atoms. The third kappa shape index (κ3) is 6.62. The van der Waals surface area contributed by atoms with E-state index in [1.807, 2.05) is 0 Å². The maximum atomic E-state index is 12.9. The molecular weight excluding hydrogens is 433 g/mol. The quantitative estimate of drug-likeness (QED) is 0.646. The maximum absolute atomic E-state index is 12.9. The van der Waals surface area contributed by atoms with Crippen molar-refractivity contribution in [1.29, 1.82) is 0 Å². The van der Waals surface area contributed by atoms with Gasteiger partial charge in [-0.05, 0) is 35.9 Å². The van der Waals surface area contributed by atoms with Gasteiger partial charge in [-0.2, -0.15) is 13.2 Å². The molecule has 2 aromatic carbocycles. The zero-order valence-electron chi connectivity index (χ0n) is 15.2. The van der Waals surface area contributed by atoms with E-state index in [2.05, 4.69) is 10.0 Å². The summed E-state index contributed by atoms with van der Waals surface area (Å²) in [5.41, 5.74) is -0.431. The number of carbonyl (C=O) groups excluding carboxylic acids is 1. The maximum Gasteiger partial charge on any atom is 0.417 e. The number of ether oxygens (including phenoxy) is 1. The van der Waals surface area contributed by atoms with Crippen molar-refractivity contribution >= 4 is 27.5 Å². The molecule has 6 nitrogen and oxygen atoms in total. The monoisotopic (exact) mass is 450 g/mol. The van der Waals surface area contributed by atoms with Crippen LogP contribution in [0, 0.1) is 0 Å². The topological polar surface area (TPSA) is 84.5 Å². The van der Waals surface area contributed by atoms with Gasteiger partial charge in [0.15, 0.2) is 0 Å². The summed E-state index contributed by atoms with van der Waals surface area (Å²) in [5.74, 6) is 0.251. The molecule has 0 aliphatic carbocycles. The van der Waals surface area contributed by atoms with Gasteiger partial charge in [0.1, 0.15) is 5.75 Å². The summed E-state index contributed by atoms with van der Waals surface area (Å²) >= 11 is 5.48.